The van der Waals surface area contributed by atoms with Gasteiger partial charge in [-0.15, -0.1) is 23.2 Å². The highest BCUT2D eigenvalue weighted by Crippen LogP contribution is 2.65. The van der Waals surface area contributed by atoms with Crippen LogP contribution in [0.15, 0.2) is 54.6 Å². The second-order valence-corrected chi connectivity index (χ2v) is 11.9. The van der Waals surface area contributed by atoms with Crippen LogP contribution in [0.3, 0.4) is 0 Å². The van der Waals surface area contributed by atoms with Gasteiger partial charge in [-0.25, -0.2) is 17.6 Å². The standard InChI is InChI=1S/C29H17Cl3F9NO3/c30-18-6-5-15(42-25(45)23-22(27(23,31)32)12-2-1-3-14(8-12)29(39,40)41)10-16(18)20(43)9-13-4-7-19(33)17(24(13)34)11-21(44)28(37,38)26(35)36/h1-8,10,22-23,26H,9,11H2,(H,42,45)/t22-,23+/m0/s1. The van der Waals surface area contributed by atoms with E-state index >= 15 is 0 Å². The average molecular weight is 705 g/mol. The first-order chi connectivity index (χ1) is 20.8. The molecule has 1 aliphatic rings. The number of hydrogen-bond donors (Lipinski definition) is 1. The maximum atomic E-state index is 15.0. The molecule has 1 amide bonds. The second kappa shape index (κ2) is 12.5. The zero-order valence-electron chi connectivity index (χ0n) is 22.1. The van der Waals surface area contributed by atoms with Crippen LogP contribution in [-0.2, 0) is 28.6 Å². The van der Waals surface area contributed by atoms with Gasteiger partial charge in [0.15, 0.2) is 5.78 Å². The summed E-state index contributed by atoms with van der Waals surface area (Å²) in [7, 11) is 0. The predicted molar refractivity (Wildman–Crippen MR) is 146 cm³/mol. The molecule has 4 nitrogen and oxygen atoms in total. The van der Waals surface area contributed by atoms with E-state index in [1.165, 1.54) is 18.2 Å². The molecule has 4 rings (SSSR count). The molecule has 2 atom stereocenters. The van der Waals surface area contributed by atoms with Crippen LogP contribution in [0.25, 0.3) is 0 Å². The minimum atomic E-state index is -5.16. The molecule has 240 valence electrons. The van der Waals surface area contributed by atoms with Crippen molar-refractivity contribution in [3.05, 3.63) is 99.1 Å². The Morgan fingerprint density at radius 2 is 1.58 bits per heavy atom. The summed E-state index contributed by atoms with van der Waals surface area (Å²) in [4.78, 5) is 37.6. The van der Waals surface area contributed by atoms with Crippen molar-refractivity contribution in [3.63, 3.8) is 0 Å². The van der Waals surface area contributed by atoms with E-state index in [1.807, 2.05) is 0 Å². The number of nitrogens with one attached hydrogen (secondary N) is 1. The third-order valence-corrected chi connectivity index (χ3v) is 8.31. The van der Waals surface area contributed by atoms with E-state index in [4.69, 9.17) is 34.8 Å². The summed E-state index contributed by atoms with van der Waals surface area (Å²) in [5.41, 5.74) is -3.09. The molecule has 0 heterocycles. The number of carbonyl (C=O) groups excluding carboxylic acids is 3. The molecule has 1 N–H and O–H groups in total. The van der Waals surface area contributed by atoms with Gasteiger partial charge < -0.3 is 5.32 Å². The summed E-state index contributed by atoms with van der Waals surface area (Å²) in [5, 5.41) is 2.24. The topological polar surface area (TPSA) is 63.2 Å². The molecule has 1 aliphatic carbocycles. The molecule has 0 spiro atoms. The Morgan fingerprint density at radius 1 is 0.911 bits per heavy atom. The second-order valence-electron chi connectivity index (χ2n) is 10.1. The van der Waals surface area contributed by atoms with Crippen LogP contribution in [0, 0.1) is 17.6 Å². The van der Waals surface area contributed by atoms with Gasteiger partial charge in [0, 0.05) is 35.6 Å². The monoisotopic (exact) mass is 703 g/mol. The fourth-order valence-electron chi connectivity index (χ4n) is 4.63. The Bertz CT molecular complexity index is 1680. The lowest BCUT2D eigenvalue weighted by atomic mass is 9.97. The predicted octanol–water partition coefficient (Wildman–Crippen LogP) is 8.60. The third kappa shape index (κ3) is 7.10. The Hall–Kier alpha value is -3.29. The van der Waals surface area contributed by atoms with Crippen LogP contribution >= 0.6 is 34.8 Å². The highest BCUT2D eigenvalue weighted by Gasteiger charge is 2.67. The Balaban J connectivity index is 1.52. The molecule has 0 radical (unpaired) electrons. The molecule has 0 aliphatic heterocycles. The van der Waals surface area contributed by atoms with Gasteiger partial charge in [-0.1, -0.05) is 35.9 Å². The van der Waals surface area contributed by atoms with Crippen molar-refractivity contribution >= 4 is 58.0 Å². The lowest BCUT2D eigenvalue weighted by Crippen LogP contribution is -2.38. The van der Waals surface area contributed by atoms with Crippen LogP contribution in [0.1, 0.15) is 38.5 Å². The van der Waals surface area contributed by atoms with Crippen molar-refractivity contribution in [3.8, 4) is 0 Å². The Kier molecular flexibility index (Phi) is 9.59. The SMILES string of the molecule is O=C(Cc1ccc(F)c(CC(=O)C(F)(F)C(F)F)c1F)c1cc(NC(=O)[C@H]2[C@H](c3cccc(C(F)(F)F)c3)C2(Cl)Cl)ccc1Cl. The van der Waals surface area contributed by atoms with Crippen LogP contribution in [0.5, 0.6) is 0 Å². The molecule has 3 aromatic rings. The maximum absolute atomic E-state index is 15.0. The minimum absolute atomic E-state index is 0.0494. The molecule has 0 unspecified atom stereocenters. The molecule has 0 bridgehead atoms. The number of rotatable bonds is 10. The first kappa shape index (κ1) is 34.6. The summed E-state index contributed by atoms with van der Waals surface area (Å²) in [6.07, 6.45) is -11.6. The summed E-state index contributed by atoms with van der Waals surface area (Å²) in [6, 6.07) is 8.96. The van der Waals surface area contributed by atoms with Gasteiger partial charge in [-0.05, 0) is 41.5 Å². The lowest BCUT2D eigenvalue weighted by Gasteiger charge is -2.15. The van der Waals surface area contributed by atoms with E-state index in [1.54, 1.807) is 0 Å². The number of amides is 1. The summed E-state index contributed by atoms with van der Waals surface area (Å²) in [5.74, 6) is -14.6. The number of benzene rings is 3. The van der Waals surface area contributed by atoms with Crippen molar-refractivity contribution in [1.29, 1.82) is 0 Å². The molecular formula is C29H17Cl3F9NO3. The van der Waals surface area contributed by atoms with E-state index in [0.717, 1.165) is 30.3 Å². The van der Waals surface area contributed by atoms with Crippen LogP contribution in [0.2, 0.25) is 5.02 Å². The summed E-state index contributed by atoms with van der Waals surface area (Å²) >= 11 is 18.6. The molecule has 16 heteroatoms. The highest BCUT2D eigenvalue weighted by atomic mass is 35.5. The third-order valence-electron chi connectivity index (χ3n) is 7.04. The van der Waals surface area contributed by atoms with Crippen molar-refractivity contribution in [1.82, 2.24) is 0 Å². The highest BCUT2D eigenvalue weighted by molar-refractivity contribution is 6.53. The fraction of sp³-hybridized carbons (Fsp3) is 0.276. The Labute approximate surface area is 263 Å². The van der Waals surface area contributed by atoms with Gasteiger partial charge in [0.2, 0.25) is 11.7 Å². The van der Waals surface area contributed by atoms with E-state index in [9.17, 15) is 53.9 Å². The quantitative estimate of drug-likeness (QED) is 0.131. The van der Waals surface area contributed by atoms with Gasteiger partial charge in [0.1, 0.15) is 16.0 Å². The molecule has 1 saturated carbocycles. The number of halogens is 12. The smallest absolute Gasteiger partial charge is 0.326 e. The number of anilines is 1. The van der Waals surface area contributed by atoms with Gasteiger partial charge in [-0.2, -0.15) is 22.0 Å². The first-order valence-electron chi connectivity index (χ1n) is 12.6. The normalized spacial score (nSPS) is 17.7. The largest absolute Gasteiger partial charge is 0.416 e. The molecule has 1 fully saturated rings. The molecular weight excluding hydrogens is 688 g/mol. The van der Waals surface area contributed by atoms with Gasteiger partial charge in [-0.3, -0.25) is 14.4 Å². The van der Waals surface area contributed by atoms with Crippen molar-refractivity contribution in [2.24, 2.45) is 5.92 Å². The lowest BCUT2D eigenvalue weighted by molar-refractivity contribution is -0.166. The zero-order chi connectivity index (χ0) is 33.6. The van der Waals surface area contributed by atoms with Crippen molar-refractivity contribution in [2.75, 3.05) is 5.32 Å². The first-order valence-corrected chi connectivity index (χ1v) is 13.7. The maximum Gasteiger partial charge on any atom is 0.416 e. The van der Waals surface area contributed by atoms with Crippen LogP contribution < -0.4 is 5.32 Å². The molecule has 0 aromatic heterocycles. The molecule has 45 heavy (non-hydrogen) atoms. The number of hydrogen-bond acceptors (Lipinski definition) is 3. The van der Waals surface area contributed by atoms with Crippen LogP contribution in [0.4, 0.5) is 45.2 Å². The van der Waals surface area contributed by atoms with Crippen molar-refractivity contribution in [2.45, 2.75) is 41.6 Å². The van der Waals surface area contributed by atoms with Crippen LogP contribution in [-0.4, -0.2) is 34.2 Å². The van der Waals surface area contributed by atoms with E-state index < -0.39 is 93.3 Å². The van der Waals surface area contributed by atoms with Gasteiger partial charge in [0.05, 0.1) is 16.5 Å². The van der Waals surface area contributed by atoms with E-state index in [0.29, 0.717) is 6.07 Å². The zero-order valence-corrected chi connectivity index (χ0v) is 24.4. The molecule has 3 aromatic carbocycles. The van der Waals surface area contributed by atoms with Crippen molar-refractivity contribution < 1.29 is 53.9 Å². The summed E-state index contributed by atoms with van der Waals surface area (Å²) < 4.78 is 119. The Morgan fingerprint density at radius 3 is 2.20 bits per heavy atom. The number of carbonyl (C=O) groups is 3. The number of Topliss-reactive ketones (excluding diaryl/α,β-unsaturated/α-hetero) is 2. The number of alkyl halides is 9. The van der Waals surface area contributed by atoms with E-state index in [2.05, 4.69) is 5.32 Å². The molecule has 0 saturated heterocycles. The van der Waals surface area contributed by atoms with E-state index in [-0.39, 0.29) is 21.8 Å². The number of ketones is 2. The average Bonchev–Trinajstić information content (AvgIpc) is 3.54. The van der Waals surface area contributed by atoms with Gasteiger partial charge >= 0.3 is 18.5 Å². The fourth-order valence-corrected chi connectivity index (χ4v) is 5.68. The van der Waals surface area contributed by atoms with Gasteiger partial charge in [0.25, 0.3) is 0 Å². The minimum Gasteiger partial charge on any atom is -0.326 e. The summed E-state index contributed by atoms with van der Waals surface area (Å²) in [6.45, 7) is 0.